The van der Waals surface area contributed by atoms with Crippen LogP contribution in [-0.2, 0) is 0 Å². The molecule has 2 aromatic rings. The lowest BCUT2D eigenvalue weighted by Gasteiger charge is -2.04. The molecule has 0 unspecified atom stereocenters. The van der Waals surface area contributed by atoms with Gasteiger partial charge in [0.1, 0.15) is 5.75 Å². The molecule has 2 N–H and O–H groups in total. The fourth-order valence-electron chi connectivity index (χ4n) is 1.60. The summed E-state index contributed by atoms with van der Waals surface area (Å²) in [5.74, 6) is 6.31. The number of methoxy groups -OCH3 is 1. The highest BCUT2D eigenvalue weighted by atomic mass is 32.1. The van der Waals surface area contributed by atoms with E-state index in [0.29, 0.717) is 17.7 Å². The summed E-state index contributed by atoms with van der Waals surface area (Å²) in [6.45, 7) is 0.0448. The molecule has 0 saturated heterocycles. The van der Waals surface area contributed by atoms with Crippen molar-refractivity contribution >= 4 is 22.9 Å². The van der Waals surface area contributed by atoms with Crippen molar-refractivity contribution in [1.82, 2.24) is 0 Å². The van der Waals surface area contributed by atoms with Crippen LogP contribution >= 0.6 is 11.3 Å². The SMILES string of the molecule is COc1ccc(NC(=O)c2csc(C#CCCO)c2)cc1. The summed E-state index contributed by atoms with van der Waals surface area (Å²) in [4.78, 5) is 12.9. The molecule has 0 bridgehead atoms. The molecule has 1 aromatic carbocycles. The smallest absolute Gasteiger partial charge is 0.256 e. The molecular weight excluding hydrogens is 286 g/mol. The van der Waals surface area contributed by atoms with Gasteiger partial charge in [-0.2, -0.15) is 0 Å². The lowest BCUT2D eigenvalue weighted by Crippen LogP contribution is -2.10. The minimum Gasteiger partial charge on any atom is -0.497 e. The van der Waals surface area contributed by atoms with E-state index in [1.165, 1.54) is 11.3 Å². The maximum Gasteiger partial charge on any atom is 0.256 e. The molecule has 21 heavy (non-hydrogen) atoms. The van der Waals surface area contributed by atoms with Gasteiger partial charge in [0, 0.05) is 17.5 Å². The maximum atomic E-state index is 12.1. The highest BCUT2D eigenvalue weighted by molar-refractivity contribution is 7.10. The van der Waals surface area contributed by atoms with E-state index in [4.69, 9.17) is 9.84 Å². The first-order valence-electron chi connectivity index (χ1n) is 6.36. The Kier molecular flexibility index (Phi) is 5.38. The Balaban J connectivity index is 2.01. The summed E-state index contributed by atoms with van der Waals surface area (Å²) in [7, 11) is 1.60. The zero-order chi connectivity index (χ0) is 15.1. The van der Waals surface area contributed by atoms with Gasteiger partial charge in [0.05, 0.1) is 24.2 Å². The van der Waals surface area contributed by atoms with Crippen molar-refractivity contribution in [2.24, 2.45) is 0 Å². The third-order valence-electron chi connectivity index (χ3n) is 2.66. The Morgan fingerprint density at radius 2 is 2.14 bits per heavy atom. The molecule has 2 rings (SSSR count). The number of hydrogen-bond acceptors (Lipinski definition) is 4. The molecule has 108 valence electrons. The van der Waals surface area contributed by atoms with Crippen molar-refractivity contribution in [3.8, 4) is 17.6 Å². The van der Waals surface area contributed by atoms with Gasteiger partial charge in [0.2, 0.25) is 0 Å². The Bertz CT molecular complexity index is 665. The fraction of sp³-hybridized carbons (Fsp3) is 0.188. The van der Waals surface area contributed by atoms with E-state index in [0.717, 1.165) is 10.6 Å². The Morgan fingerprint density at radius 3 is 2.81 bits per heavy atom. The molecule has 1 amide bonds. The number of carbonyl (C=O) groups is 1. The normalized spacial score (nSPS) is 9.62. The second-order valence-electron chi connectivity index (χ2n) is 4.16. The van der Waals surface area contributed by atoms with E-state index in [9.17, 15) is 4.79 Å². The molecule has 0 saturated carbocycles. The van der Waals surface area contributed by atoms with Gasteiger partial charge in [-0.3, -0.25) is 4.79 Å². The van der Waals surface area contributed by atoms with Gasteiger partial charge >= 0.3 is 0 Å². The van der Waals surface area contributed by atoms with Crippen LogP contribution in [0.2, 0.25) is 0 Å². The highest BCUT2D eigenvalue weighted by Gasteiger charge is 2.08. The van der Waals surface area contributed by atoms with Gasteiger partial charge in [-0.15, -0.1) is 11.3 Å². The number of rotatable bonds is 4. The van der Waals surface area contributed by atoms with E-state index in [1.807, 2.05) is 0 Å². The third kappa shape index (κ3) is 4.35. The molecule has 5 heteroatoms. The first-order valence-corrected chi connectivity index (χ1v) is 7.24. The number of aliphatic hydroxyl groups excluding tert-OH is 1. The van der Waals surface area contributed by atoms with Crippen LogP contribution in [0.25, 0.3) is 0 Å². The summed E-state index contributed by atoms with van der Waals surface area (Å²) in [6.07, 6.45) is 0.436. The van der Waals surface area contributed by atoms with Crippen LogP contribution < -0.4 is 10.1 Å². The van der Waals surface area contributed by atoms with Crippen LogP contribution in [0.15, 0.2) is 35.7 Å². The van der Waals surface area contributed by atoms with Crippen molar-refractivity contribution in [3.63, 3.8) is 0 Å². The lowest BCUT2D eigenvalue weighted by atomic mass is 10.2. The summed E-state index contributed by atoms with van der Waals surface area (Å²) in [5.41, 5.74) is 1.28. The van der Waals surface area contributed by atoms with Crippen LogP contribution in [0.5, 0.6) is 5.75 Å². The van der Waals surface area contributed by atoms with Crippen molar-refractivity contribution < 1.29 is 14.6 Å². The van der Waals surface area contributed by atoms with Crippen LogP contribution in [0.1, 0.15) is 21.7 Å². The van der Waals surface area contributed by atoms with Gasteiger partial charge in [0.15, 0.2) is 0 Å². The maximum absolute atomic E-state index is 12.1. The first kappa shape index (κ1) is 15.1. The monoisotopic (exact) mass is 301 g/mol. The van der Waals surface area contributed by atoms with Crippen LogP contribution in [0.3, 0.4) is 0 Å². The number of anilines is 1. The topological polar surface area (TPSA) is 58.6 Å². The molecule has 0 radical (unpaired) electrons. The molecule has 0 aliphatic rings. The van der Waals surface area contributed by atoms with Gasteiger partial charge in [-0.1, -0.05) is 11.8 Å². The van der Waals surface area contributed by atoms with E-state index >= 15 is 0 Å². The van der Waals surface area contributed by atoms with Gasteiger partial charge < -0.3 is 15.2 Å². The standard InChI is InChI=1S/C16H15NO3S/c1-20-14-7-5-13(6-8-14)17-16(19)12-10-15(21-11-12)4-2-3-9-18/h5-8,10-11,18H,3,9H2,1H3,(H,17,19). The number of nitrogens with one attached hydrogen (secondary N) is 1. The number of aliphatic hydroxyl groups is 1. The Labute approximate surface area is 127 Å². The van der Waals surface area contributed by atoms with Gasteiger partial charge in [-0.25, -0.2) is 0 Å². The molecule has 0 fully saturated rings. The quantitative estimate of drug-likeness (QED) is 0.854. The van der Waals surface area contributed by atoms with Gasteiger partial charge in [-0.05, 0) is 30.3 Å². The minimum atomic E-state index is -0.174. The summed E-state index contributed by atoms with van der Waals surface area (Å²) < 4.78 is 5.06. The van der Waals surface area contributed by atoms with Crippen LogP contribution in [-0.4, -0.2) is 24.7 Å². The second-order valence-corrected chi connectivity index (χ2v) is 5.07. The van der Waals surface area contributed by atoms with Crippen molar-refractivity contribution in [1.29, 1.82) is 0 Å². The summed E-state index contributed by atoms with van der Waals surface area (Å²) in [6, 6.07) is 8.88. The number of benzene rings is 1. The van der Waals surface area contributed by atoms with E-state index in [1.54, 1.807) is 42.8 Å². The van der Waals surface area contributed by atoms with E-state index in [-0.39, 0.29) is 12.5 Å². The lowest BCUT2D eigenvalue weighted by molar-refractivity contribution is 0.102. The number of carbonyl (C=O) groups excluding carboxylic acids is 1. The summed E-state index contributed by atoms with van der Waals surface area (Å²) in [5, 5.41) is 13.2. The predicted octanol–water partition coefficient (Wildman–Crippen LogP) is 2.74. The predicted molar refractivity (Wildman–Crippen MR) is 83.8 cm³/mol. The Hall–Kier alpha value is -2.29. The van der Waals surface area contributed by atoms with E-state index < -0.39 is 0 Å². The largest absolute Gasteiger partial charge is 0.497 e. The third-order valence-corrected chi connectivity index (χ3v) is 3.50. The Morgan fingerprint density at radius 1 is 1.38 bits per heavy atom. The van der Waals surface area contributed by atoms with Gasteiger partial charge in [0.25, 0.3) is 5.91 Å². The number of ether oxygens (including phenoxy) is 1. The first-order chi connectivity index (χ1) is 10.2. The fourth-order valence-corrected chi connectivity index (χ4v) is 2.36. The molecular formula is C16H15NO3S. The van der Waals surface area contributed by atoms with Crippen molar-refractivity contribution in [2.45, 2.75) is 6.42 Å². The molecule has 0 aliphatic heterocycles. The van der Waals surface area contributed by atoms with Crippen LogP contribution in [0.4, 0.5) is 5.69 Å². The molecule has 0 aliphatic carbocycles. The molecule has 4 nitrogen and oxygen atoms in total. The molecule has 0 atom stereocenters. The van der Waals surface area contributed by atoms with Crippen LogP contribution in [0, 0.1) is 11.8 Å². The zero-order valence-electron chi connectivity index (χ0n) is 11.6. The average Bonchev–Trinajstić information content (AvgIpc) is 2.97. The molecule has 0 spiro atoms. The van der Waals surface area contributed by atoms with Crippen molar-refractivity contribution in [3.05, 3.63) is 46.2 Å². The number of hydrogen-bond donors (Lipinski definition) is 2. The number of amides is 1. The summed E-state index contributed by atoms with van der Waals surface area (Å²) >= 11 is 1.41. The zero-order valence-corrected chi connectivity index (χ0v) is 12.4. The molecule has 1 heterocycles. The highest BCUT2D eigenvalue weighted by Crippen LogP contribution is 2.18. The number of thiophene rings is 1. The minimum absolute atomic E-state index is 0.0448. The van der Waals surface area contributed by atoms with Crippen molar-refractivity contribution in [2.75, 3.05) is 19.0 Å². The molecule has 1 aromatic heterocycles. The average molecular weight is 301 g/mol. The van der Waals surface area contributed by atoms with E-state index in [2.05, 4.69) is 17.2 Å². The second kappa shape index (κ2) is 7.48.